The Morgan fingerprint density at radius 1 is 1.06 bits per heavy atom. The number of aryl methyl sites for hydroxylation is 1. The molecule has 4 rings (SSSR count). The van der Waals surface area contributed by atoms with E-state index in [1.54, 1.807) is 24.4 Å². The smallest absolute Gasteiger partial charge is 0.254 e. The van der Waals surface area contributed by atoms with E-state index in [-0.39, 0.29) is 23.3 Å². The Labute approximate surface area is 186 Å². The first-order valence-corrected chi connectivity index (χ1v) is 11.5. The number of rotatable bonds is 4. The highest BCUT2D eigenvalue weighted by atomic mass is 32.2. The van der Waals surface area contributed by atoms with E-state index in [2.05, 4.69) is 10.3 Å². The second kappa shape index (κ2) is 8.52. The Morgan fingerprint density at radius 2 is 1.75 bits per heavy atom. The third-order valence-corrected chi connectivity index (χ3v) is 6.34. The number of carbonyl (C=O) groups is 2. The molecule has 0 radical (unpaired) electrons. The van der Waals surface area contributed by atoms with E-state index >= 15 is 0 Å². The molecule has 1 unspecified atom stereocenters. The molecule has 1 aromatic heterocycles. The van der Waals surface area contributed by atoms with Gasteiger partial charge in [-0.3, -0.25) is 14.6 Å². The lowest BCUT2D eigenvalue weighted by atomic mass is 9.96. The molecular weight excluding hydrogens is 428 g/mol. The maximum absolute atomic E-state index is 13.3. The van der Waals surface area contributed by atoms with Gasteiger partial charge in [0.05, 0.1) is 17.1 Å². The van der Waals surface area contributed by atoms with Crippen molar-refractivity contribution < 1.29 is 18.0 Å². The molecule has 0 fully saturated rings. The molecule has 0 saturated carbocycles. The first-order chi connectivity index (χ1) is 15.2. The number of pyridine rings is 1. The Balaban J connectivity index is 1.62. The van der Waals surface area contributed by atoms with Gasteiger partial charge in [0.15, 0.2) is 0 Å². The van der Waals surface area contributed by atoms with E-state index in [9.17, 15) is 18.0 Å². The fourth-order valence-corrected chi connectivity index (χ4v) is 4.17. The van der Waals surface area contributed by atoms with Crippen LogP contribution in [0.25, 0.3) is 0 Å². The number of nitrogens with two attached hydrogens (primary N) is 1. The van der Waals surface area contributed by atoms with Gasteiger partial charge in [0.2, 0.25) is 15.9 Å². The topological polar surface area (TPSA) is 122 Å². The molecule has 8 nitrogen and oxygen atoms in total. The van der Waals surface area contributed by atoms with E-state index < -0.39 is 16.1 Å². The highest BCUT2D eigenvalue weighted by molar-refractivity contribution is 7.89. The number of nitrogens with zero attached hydrogens (tertiary/aromatic N) is 2. The lowest BCUT2D eigenvalue weighted by Crippen LogP contribution is -2.50. The largest absolute Gasteiger partial charge is 0.324 e. The van der Waals surface area contributed by atoms with Gasteiger partial charge in [-0.25, -0.2) is 13.6 Å². The van der Waals surface area contributed by atoms with Gasteiger partial charge in [-0.1, -0.05) is 23.8 Å². The number of primary sulfonamides is 1. The van der Waals surface area contributed by atoms with Gasteiger partial charge in [0.1, 0.15) is 6.04 Å². The number of anilines is 1. The molecule has 3 N–H and O–H groups in total. The molecule has 32 heavy (non-hydrogen) atoms. The van der Waals surface area contributed by atoms with Crippen LogP contribution >= 0.6 is 0 Å². The average Bonchev–Trinajstić information content (AvgIpc) is 2.78. The fraction of sp³-hybridized carbons (Fsp3) is 0.174. The van der Waals surface area contributed by atoms with E-state index in [0.29, 0.717) is 17.7 Å². The Hall–Kier alpha value is -3.56. The van der Waals surface area contributed by atoms with Gasteiger partial charge in [-0.05, 0) is 55.0 Å². The van der Waals surface area contributed by atoms with Gasteiger partial charge in [-0.15, -0.1) is 0 Å². The number of aromatic nitrogens is 1. The summed E-state index contributed by atoms with van der Waals surface area (Å²) in [6.45, 7) is 2.15. The third kappa shape index (κ3) is 4.53. The van der Waals surface area contributed by atoms with Crippen LogP contribution in [0.2, 0.25) is 0 Å². The van der Waals surface area contributed by atoms with Crippen molar-refractivity contribution in [3.63, 3.8) is 0 Å². The van der Waals surface area contributed by atoms with Crippen molar-refractivity contribution in [3.8, 4) is 0 Å². The Bertz CT molecular complexity index is 1270. The maximum atomic E-state index is 13.3. The van der Waals surface area contributed by atoms with Crippen LogP contribution in [-0.4, -0.2) is 36.2 Å². The summed E-state index contributed by atoms with van der Waals surface area (Å²) >= 11 is 0. The van der Waals surface area contributed by atoms with E-state index in [1.165, 1.54) is 29.2 Å². The van der Waals surface area contributed by atoms with Crippen LogP contribution in [0.1, 0.15) is 27.2 Å². The SMILES string of the molecule is Cc1ccc(C(=O)N2Cc3ncccc3CC2C(=O)Nc2ccc(S(N)(=O)=O)cc2)cc1. The summed E-state index contributed by atoms with van der Waals surface area (Å²) in [4.78, 5) is 32.3. The van der Waals surface area contributed by atoms with Gasteiger partial charge in [0.25, 0.3) is 5.91 Å². The van der Waals surface area contributed by atoms with Gasteiger partial charge >= 0.3 is 0 Å². The molecule has 2 aromatic carbocycles. The van der Waals surface area contributed by atoms with E-state index in [4.69, 9.17) is 5.14 Å². The minimum atomic E-state index is -3.83. The number of amides is 2. The van der Waals surface area contributed by atoms with Crippen LogP contribution in [0.15, 0.2) is 71.8 Å². The maximum Gasteiger partial charge on any atom is 0.254 e. The highest BCUT2D eigenvalue weighted by Gasteiger charge is 2.35. The summed E-state index contributed by atoms with van der Waals surface area (Å²) in [5, 5.41) is 7.90. The number of fused-ring (bicyclic) bond motifs is 1. The number of benzene rings is 2. The summed E-state index contributed by atoms with van der Waals surface area (Å²) in [5.41, 5.74) is 3.59. The first-order valence-electron chi connectivity index (χ1n) is 9.96. The quantitative estimate of drug-likeness (QED) is 0.631. The van der Waals surface area contributed by atoms with Crippen LogP contribution < -0.4 is 10.5 Å². The lowest BCUT2D eigenvalue weighted by Gasteiger charge is -2.35. The van der Waals surface area contributed by atoms with E-state index in [0.717, 1.165) is 16.8 Å². The number of nitrogens with one attached hydrogen (secondary N) is 1. The molecule has 1 aliphatic rings. The van der Waals surface area contributed by atoms with Gasteiger partial charge in [0, 0.05) is 23.9 Å². The van der Waals surface area contributed by atoms with Crippen molar-refractivity contribution in [3.05, 3.63) is 89.2 Å². The zero-order chi connectivity index (χ0) is 22.9. The predicted molar refractivity (Wildman–Crippen MR) is 119 cm³/mol. The molecular formula is C23H22N4O4S. The summed E-state index contributed by atoms with van der Waals surface area (Å²) in [6.07, 6.45) is 1.99. The second-order valence-corrected chi connectivity index (χ2v) is 9.25. The Kier molecular flexibility index (Phi) is 5.77. The normalized spacial score (nSPS) is 15.7. The lowest BCUT2D eigenvalue weighted by molar-refractivity contribution is -0.121. The molecule has 9 heteroatoms. The summed E-state index contributed by atoms with van der Waals surface area (Å²) in [6, 6.07) is 15.7. The minimum Gasteiger partial charge on any atom is -0.324 e. The second-order valence-electron chi connectivity index (χ2n) is 7.69. The molecule has 3 aromatic rings. The van der Waals surface area contributed by atoms with Gasteiger partial charge < -0.3 is 10.2 Å². The third-order valence-electron chi connectivity index (χ3n) is 5.41. The summed E-state index contributed by atoms with van der Waals surface area (Å²) in [7, 11) is -3.83. The van der Waals surface area contributed by atoms with Crippen molar-refractivity contribution in [2.24, 2.45) is 5.14 Å². The number of hydrogen-bond donors (Lipinski definition) is 2. The van der Waals surface area contributed by atoms with Crippen molar-refractivity contribution in [2.75, 3.05) is 5.32 Å². The van der Waals surface area contributed by atoms with Gasteiger partial charge in [-0.2, -0.15) is 0 Å². The predicted octanol–water partition coefficient (Wildman–Crippen LogP) is 2.24. The Morgan fingerprint density at radius 3 is 2.41 bits per heavy atom. The monoisotopic (exact) mass is 450 g/mol. The van der Waals surface area contributed by atoms with Crippen molar-refractivity contribution >= 4 is 27.5 Å². The first kappa shape index (κ1) is 21.7. The molecule has 0 saturated heterocycles. The zero-order valence-electron chi connectivity index (χ0n) is 17.4. The molecule has 0 spiro atoms. The van der Waals surface area contributed by atoms with E-state index in [1.807, 2.05) is 25.1 Å². The molecule has 1 aliphatic heterocycles. The molecule has 2 heterocycles. The molecule has 0 bridgehead atoms. The van der Waals surface area contributed by atoms with Crippen molar-refractivity contribution in [1.82, 2.24) is 9.88 Å². The van der Waals surface area contributed by atoms with Crippen LogP contribution in [0.3, 0.4) is 0 Å². The van der Waals surface area contributed by atoms with Crippen molar-refractivity contribution in [2.45, 2.75) is 30.8 Å². The van der Waals surface area contributed by atoms with Crippen LogP contribution in [0.5, 0.6) is 0 Å². The number of hydrogen-bond acceptors (Lipinski definition) is 5. The highest BCUT2D eigenvalue weighted by Crippen LogP contribution is 2.25. The van der Waals surface area contributed by atoms with Crippen molar-refractivity contribution in [1.29, 1.82) is 0 Å². The van der Waals surface area contributed by atoms with Crippen LogP contribution in [0.4, 0.5) is 5.69 Å². The summed E-state index contributed by atoms with van der Waals surface area (Å²) < 4.78 is 22.9. The standard InChI is InChI=1S/C23H22N4O4S/c1-15-4-6-16(7-5-15)23(29)27-14-20-17(3-2-12-25-20)13-21(27)22(28)26-18-8-10-19(11-9-18)32(24,30)31/h2-12,21H,13-14H2,1H3,(H,26,28)(H2,24,30,31). The summed E-state index contributed by atoms with van der Waals surface area (Å²) in [5.74, 6) is -0.630. The molecule has 164 valence electrons. The molecule has 1 atom stereocenters. The van der Waals surface area contributed by atoms with Crippen LogP contribution in [0, 0.1) is 6.92 Å². The number of carbonyl (C=O) groups excluding carboxylic acids is 2. The number of sulfonamides is 1. The molecule has 2 amide bonds. The van der Waals surface area contributed by atoms with Crippen LogP contribution in [-0.2, 0) is 27.8 Å². The zero-order valence-corrected chi connectivity index (χ0v) is 18.2. The molecule has 0 aliphatic carbocycles. The average molecular weight is 451 g/mol. The minimum absolute atomic E-state index is 0.0515. The fourth-order valence-electron chi connectivity index (χ4n) is 3.65.